The molecule has 0 spiro atoms. The molecule has 0 aliphatic heterocycles. The maximum absolute atomic E-state index is 12.6. The molecule has 1 unspecified atom stereocenters. The second-order valence-electron chi connectivity index (χ2n) is 7.07. The maximum atomic E-state index is 12.6. The van der Waals surface area contributed by atoms with Crippen molar-refractivity contribution in [3.05, 3.63) is 50.7 Å². The Bertz CT molecular complexity index is 752. The summed E-state index contributed by atoms with van der Waals surface area (Å²) in [6.07, 6.45) is 3.10. The largest absolute Gasteiger partial charge is 0.496 e. The predicted molar refractivity (Wildman–Crippen MR) is 103 cm³/mol. The molecule has 2 atom stereocenters. The molecule has 0 saturated carbocycles. The van der Waals surface area contributed by atoms with Gasteiger partial charge in [0.1, 0.15) is 5.75 Å². The number of thiophene rings is 1. The first-order valence-electron chi connectivity index (χ1n) is 8.97. The van der Waals surface area contributed by atoms with Crippen LogP contribution in [0.5, 0.6) is 5.75 Å². The Morgan fingerprint density at radius 3 is 2.88 bits per heavy atom. The molecule has 0 radical (unpaired) electrons. The van der Waals surface area contributed by atoms with Crippen LogP contribution in [-0.4, -0.2) is 13.0 Å². The number of benzene rings is 1. The van der Waals surface area contributed by atoms with Crippen molar-refractivity contribution in [2.75, 3.05) is 7.11 Å². The molecule has 1 amide bonds. The smallest absolute Gasteiger partial charge is 0.223 e. The van der Waals surface area contributed by atoms with Crippen molar-refractivity contribution < 1.29 is 9.53 Å². The second kappa shape index (κ2) is 7.61. The normalized spacial score (nSPS) is 17.7. The Kier molecular flexibility index (Phi) is 5.48. The van der Waals surface area contributed by atoms with Crippen LogP contribution in [0.2, 0.25) is 0 Å². The zero-order valence-corrected chi connectivity index (χ0v) is 16.3. The molecule has 1 aromatic heterocycles. The lowest BCUT2D eigenvalue weighted by atomic mass is 9.74. The van der Waals surface area contributed by atoms with Crippen LogP contribution in [0.25, 0.3) is 0 Å². The number of fused-ring (bicyclic) bond motifs is 1. The number of hydrogen-bond donors (Lipinski definition) is 1. The average Bonchev–Trinajstić information content (AvgIpc) is 3.15. The highest BCUT2D eigenvalue weighted by molar-refractivity contribution is 7.09. The van der Waals surface area contributed by atoms with E-state index in [1.54, 1.807) is 18.4 Å². The molecule has 1 aliphatic carbocycles. The molecule has 2 aromatic rings. The standard InChI is InChI=1S/C21H27NO2S/c1-13-10-20(24-4)15(3)19-11-16(7-8-18(13)19)14(2)21(23)22-12-17-6-5-9-25-17/h5-6,9-10,14,16H,7-8,11-12H2,1-4H3,(H,22,23)/t14?,16-/m1/s1. The summed E-state index contributed by atoms with van der Waals surface area (Å²) in [5, 5.41) is 5.14. The molecule has 1 aliphatic rings. The fraction of sp³-hybridized carbons (Fsp3) is 0.476. The van der Waals surface area contributed by atoms with E-state index >= 15 is 0 Å². The van der Waals surface area contributed by atoms with Crippen molar-refractivity contribution in [3.63, 3.8) is 0 Å². The zero-order chi connectivity index (χ0) is 18.0. The van der Waals surface area contributed by atoms with Gasteiger partial charge in [-0.05, 0) is 78.8 Å². The number of rotatable bonds is 5. The number of ether oxygens (including phenoxy) is 1. The Morgan fingerprint density at radius 2 is 2.20 bits per heavy atom. The van der Waals surface area contributed by atoms with Crippen LogP contribution in [0, 0.1) is 25.7 Å². The summed E-state index contributed by atoms with van der Waals surface area (Å²) >= 11 is 1.68. The molecular formula is C21H27NO2S. The van der Waals surface area contributed by atoms with Crippen LogP contribution in [0.3, 0.4) is 0 Å². The predicted octanol–water partition coefficient (Wildman–Crippen LogP) is 4.43. The number of methoxy groups -OCH3 is 1. The van der Waals surface area contributed by atoms with Gasteiger partial charge in [-0.25, -0.2) is 0 Å². The lowest BCUT2D eigenvalue weighted by molar-refractivity contribution is -0.126. The van der Waals surface area contributed by atoms with Crippen LogP contribution < -0.4 is 10.1 Å². The number of nitrogens with one attached hydrogen (secondary N) is 1. The number of carbonyl (C=O) groups is 1. The number of aryl methyl sites for hydroxylation is 1. The van der Waals surface area contributed by atoms with E-state index in [9.17, 15) is 4.79 Å². The summed E-state index contributed by atoms with van der Waals surface area (Å²) in [5.41, 5.74) is 5.40. The minimum atomic E-state index is 0.0269. The highest BCUT2D eigenvalue weighted by Gasteiger charge is 2.30. The molecule has 3 rings (SSSR count). The van der Waals surface area contributed by atoms with Gasteiger partial charge in [0.25, 0.3) is 0 Å². The van der Waals surface area contributed by atoms with Crippen molar-refractivity contribution in [3.8, 4) is 5.75 Å². The van der Waals surface area contributed by atoms with Crippen LogP contribution >= 0.6 is 11.3 Å². The molecular weight excluding hydrogens is 330 g/mol. The van der Waals surface area contributed by atoms with Gasteiger partial charge >= 0.3 is 0 Å². The van der Waals surface area contributed by atoms with Crippen LogP contribution in [0.4, 0.5) is 0 Å². The van der Waals surface area contributed by atoms with Gasteiger partial charge in [-0.1, -0.05) is 13.0 Å². The fourth-order valence-corrected chi connectivity index (χ4v) is 4.57. The van der Waals surface area contributed by atoms with Crippen molar-refractivity contribution >= 4 is 17.2 Å². The van der Waals surface area contributed by atoms with Crippen molar-refractivity contribution in [2.45, 2.75) is 46.6 Å². The fourth-order valence-electron chi connectivity index (χ4n) is 3.92. The SMILES string of the molecule is COc1cc(C)c2c(c1C)C[C@H](C(C)C(=O)NCc1cccs1)CC2. The highest BCUT2D eigenvalue weighted by atomic mass is 32.1. The van der Waals surface area contributed by atoms with Gasteiger partial charge in [0.05, 0.1) is 13.7 Å². The lowest BCUT2D eigenvalue weighted by Crippen LogP contribution is -2.35. The monoisotopic (exact) mass is 357 g/mol. The highest BCUT2D eigenvalue weighted by Crippen LogP contribution is 2.37. The first-order valence-corrected chi connectivity index (χ1v) is 9.85. The number of hydrogen-bond acceptors (Lipinski definition) is 3. The summed E-state index contributed by atoms with van der Waals surface area (Å²) < 4.78 is 5.54. The molecule has 25 heavy (non-hydrogen) atoms. The average molecular weight is 358 g/mol. The molecule has 1 aromatic carbocycles. The molecule has 3 nitrogen and oxygen atoms in total. The molecule has 1 N–H and O–H groups in total. The van der Waals surface area contributed by atoms with Crippen LogP contribution in [0.1, 0.15) is 40.5 Å². The lowest BCUT2D eigenvalue weighted by Gasteiger charge is -2.31. The van der Waals surface area contributed by atoms with E-state index in [0.29, 0.717) is 12.5 Å². The molecule has 0 saturated heterocycles. The minimum Gasteiger partial charge on any atom is -0.496 e. The number of carbonyl (C=O) groups excluding carboxylic acids is 1. The van der Waals surface area contributed by atoms with Gasteiger partial charge in [-0.3, -0.25) is 4.79 Å². The van der Waals surface area contributed by atoms with Gasteiger partial charge < -0.3 is 10.1 Å². The van der Waals surface area contributed by atoms with Crippen LogP contribution in [-0.2, 0) is 24.2 Å². The van der Waals surface area contributed by atoms with E-state index in [1.165, 1.54) is 27.1 Å². The van der Waals surface area contributed by atoms with Gasteiger partial charge in [-0.15, -0.1) is 11.3 Å². The topological polar surface area (TPSA) is 38.3 Å². The van der Waals surface area contributed by atoms with Crippen molar-refractivity contribution in [1.82, 2.24) is 5.32 Å². The molecule has 0 fully saturated rings. The van der Waals surface area contributed by atoms with E-state index < -0.39 is 0 Å². The molecule has 0 bridgehead atoms. The quantitative estimate of drug-likeness (QED) is 0.859. The summed E-state index contributed by atoms with van der Waals surface area (Å²) in [6.45, 7) is 7.01. The Morgan fingerprint density at radius 1 is 1.40 bits per heavy atom. The first kappa shape index (κ1) is 18.0. The molecule has 134 valence electrons. The third-order valence-corrected chi connectivity index (χ3v) is 6.48. The van der Waals surface area contributed by atoms with E-state index in [1.807, 2.05) is 11.4 Å². The zero-order valence-electron chi connectivity index (χ0n) is 15.5. The Labute approximate surface area is 154 Å². The van der Waals surface area contributed by atoms with Gasteiger partial charge in [0.15, 0.2) is 0 Å². The van der Waals surface area contributed by atoms with E-state index in [2.05, 4.69) is 38.2 Å². The summed E-state index contributed by atoms with van der Waals surface area (Å²) in [5.74, 6) is 1.55. The van der Waals surface area contributed by atoms with Gasteiger partial charge in [0, 0.05) is 10.8 Å². The summed E-state index contributed by atoms with van der Waals surface area (Å²) in [6, 6.07) is 6.22. The van der Waals surface area contributed by atoms with Crippen molar-refractivity contribution in [1.29, 1.82) is 0 Å². The van der Waals surface area contributed by atoms with Gasteiger partial charge in [-0.2, -0.15) is 0 Å². The summed E-state index contributed by atoms with van der Waals surface area (Å²) in [4.78, 5) is 13.8. The molecule has 4 heteroatoms. The van der Waals surface area contributed by atoms with Crippen molar-refractivity contribution in [2.24, 2.45) is 11.8 Å². The minimum absolute atomic E-state index is 0.0269. The maximum Gasteiger partial charge on any atom is 0.223 e. The molecule has 1 heterocycles. The Balaban J connectivity index is 1.71. The first-order chi connectivity index (χ1) is 12.0. The summed E-state index contributed by atoms with van der Waals surface area (Å²) in [7, 11) is 1.73. The van der Waals surface area contributed by atoms with E-state index in [-0.39, 0.29) is 11.8 Å². The van der Waals surface area contributed by atoms with Crippen LogP contribution in [0.15, 0.2) is 23.6 Å². The Hall–Kier alpha value is -1.81. The van der Waals surface area contributed by atoms with Gasteiger partial charge in [0.2, 0.25) is 5.91 Å². The third kappa shape index (κ3) is 3.74. The van der Waals surface area contributed by atoms with E-state index in [0.717, 1.165) is 25.0 Å². The number of amides is 1. The van der Waals surface area contributed by atoms with E-state index in [4.69, 9.17) is 4.74 Å². The second-order valence-corrected chi connectivity index (χ2v) is 8.10. The third-order valence-electron chi connectivity index (χ3n) is 5.60.